The Bertz CT molecular complexity index is 620. The highest BCUT2D eigenvalue weighted by Gasteiger charge is 2.07. The number of nitrogens with one attached hydrogen (secondary N) is 1. The quantitative estimate of drug-likeness (QED) is 0.655. The van der Waals surface area contributed by atoms with Crippen molar-refractivity contribution in [1.29, 1.82) is 0 Å². The second-order valence-corrected chi connectivity index (χ2v) is 6.08. The predicted molar refractivity (Wildman–Crippen MR) is 95.3 cm³/mol. The highest BCUT2D eigenvalue weighted by atomic mass is 35.5. The summed E-state index contributed by atoms with van der Waals surface area (Å²) in [4.78, 5) is 0. The average Bonchev–Trinajstić information content (AvgIpc) is 2.55. The second-order valence-electron chi connectivity index (χ2n) is 5.24. The lowest BCUT2D eigenvalue weighted by Crippen LogP contribution is -2.15. The molecule has 2 N–H and O–H groups in total. The van der Waals surface area contributed by atoms with E-state index in [1.54, 1.807) is 0 Å². The summed E-state index contributed by atoms with van der Waals surface area (Å²) >= 11 is 12.2. The molecule has 2 rings (SSSR count). The number of unbranched alkanes of at least 4 members (excludes halogenated alkanes) is 1. The van der Waals surface area contributed by atoms with Gasteiger partial charge in [0, 0.05) is 34.3 Å². The van der Waals surface area contributed by atoms with Crippen molar-refractivity contribution in [3.8, 4) is 5.75 Å². The van der Waals surface area contributed by atoms with Crippen molar-refractivity contribution in [2.24, 2.45) is 0 Å². The van der Waals surface area contributed by atoms with Crippen LogP contribution in [-0.4, -0.2) is 18.3 Å². The number of rotatable bonds is 9. The molecule has 2 aromatic carbocycles. The molecule has 3 nitrogen and oxygen atoms in total. The first-order chi connectivity index (χ1) is 11.2. The second kappa shape index (κ2) is 9.78. The molecular formula is C18H21Cl2NO2. The molecule has 0 unspecified atom stereocenters. The van der Waals surface area contributed by atoms with E-state index < -0.39 is 0 Å². The first-order valence-electron chi connectivity index (χ1n) is 7.67. The Morgan fingerprint density at radius 3 is 2.61 bits per heavy atom. The standard InChI is InChI=1S/C18H21Cl2NO2/c19-16-7-8-18(15(11-16)12-21-9-3-4-10-22)23-13-14-5-1-2-6-17(14)20/h1-2,5-8,11,21-22H,3-4,9-10,12-13H2. The number of hydrogen-bond donors (Lipinski definition) is 2. The van der Waals surface area contributed by atoms with E-state index in [4.69, 9.17) is 33.0 Å². The van der Waals surface area contributed by atoms with Gasteiger partial charge in [-0.15, -0.1) is 0 Å². The van der Waals surface area contributed by atoms with Gasteiger partial charge in [-0.25, -0.2) is 0 Å². The van der Waals surface area contributed by atoms with Gasteiger partial charge in [0.05, 0.1) is 0 Å². The lowest BCUT2D eigenvalue weighted by atomic mass is 10.2. The minimum Gasteiger partial charge on any atom is -0.489 e. The van der Waals surface area contributed by atoms with Gasteiger partial charge < -0.3 is 15.2 Å². The molecule has 0 amide bonds. The van der Waals surface area contributed by atoms with E-state index in [1.807, 2.05) is 42.5 Å². The van der Waals surface area contributed by atoms with Crippen molar-refractivity contribution >= 4 is 23.2 Å². The summed E-state index contributed by atoms with van der Waals surface area (Å²) < 4.78 is 5.91. The highest BCUT2D eigenvalue weighted by molar-refractivity contribution is 6.31. The van der Waals surface area contributed by atoms with E-state index in [0.29, 0.717) is 23.2 Å². The molecule has 0 aromatic heterocycles. The van der Waals surface area contributed by atoms with Gasteiger partial charge in [-0.1, -0.05) is 41.4 Å². The van der Waals surface area contributed by atoms with E-state index in [-0.39, 0.29) is 6.61 Å². The van der Waals surface area contributed by atoms with Gasteiger partial charge >= 0.3 is 0 Å². The number of hydrogen-bond acceptors (Lipinski definition) is 3. The summed E-state index contributed by atoms with van der Waals surface area (Å²) in [5.41, 5.74) is 1.96. The average molecular weight is 354 g/mol. The maximum absolute atomic E-state index is 8.79. The van der Waals surface area contributed by atoms with Crippen molar-refractivity contribution in [2.75, 3.05) is 13.2 Å². The first-order valence-corrected chi connectivity index (χ1v) is 8.42. The van der Waals surface area contributed by atoms with Crippen LogP contribution in [0, 0.1) is 0 Å². The molecule has 0 heterocycles. The van der Waals surface area contributed by atoms with Crippen LogP contribution in [0.2, 0.25) is 10.0 Å². The summed E-state index contributed by atoms with van der Waals surface area (Å²) in [5, 5.41) is 13.5. The van der Waals surface area contributed by atoms with Crippen LogP contribution in [0.4, 0.5) is 0 Å². The van der Waals surface area contributed by atoms with E-state index in [1.165, 1.54) is 0 Å². The van der Waals surface area contributed by atoms with Crippen molar-refractivity contribution in [2.45, 2.75) is 26.0 Å². The van der Waals surface area contributed by atoms with Gasteiger partial charge in [0.2, 0.25) is 0 Å². The van der Waals surface area contributed by atoms with Crippen LogP contribution in [0.15, 0.2) is 42.5 Å². The molecule has 0 fully saturated rings. The Balaban J connectivity index is 1.96. The summed E-state index contributed by atoms with van der Waals surface area (Å²) in [6, 6.07) is 13.2. The van der Waals surface area contributed by atoms with Crippen molar-refractivity contribution in [3.63, 3.8) is 0 Å². The predicted octanol–water partition coefficient (Wildman–Crippen LogP) is 4.43. The topological polar surface area (TPSA) is 41.5 Å². The Labute approximate surface area is 147 Å². The van der Waals surface area contributed by atoms with Crippen LogP contribution >= 0.6 is 23.2 Å². The summed E-state index contributed by atoms with van der Waals surface area (Å²) in [7, 11) is 0. The molecule has 0 bridgehead atoms. The number of ether oxygens (including phenoxy) is 1. The molecule has 23 heavy (non-hydrogen) atoms. The lowest BCUT2D eigenvalue weighted by molar-refractivity contribution is 0.283. The monoisotopic (exact) mass is 353 g/mol. The molecule has 0 saturated carbocycles. The molecule has 0 spiro atoms. The number of benzene rings is 2. The van der Waals surface area contributed by atoms with Crippen LogP contribution in [-0.2, 0) is 13.2 Å². The third-order valence-corrected chi connectivity index (χ3v) is 4.04. The molecule has 0 aliphatic heterocycles. The number of aliphatic hydroxyl groups is 1. The van der Waals surface area contributed by atoms with Crippen LogP contribution in [0.1, 0.15) is 24.0 Å². The molecule has 124 valence electrons. The Kier molecular flexibility index (Phi) is 7.69. The molecule has 0 saturated heterocycles. The highest BCUT2D eigenvalue weighted by Crippen LogP contribution is 2.25. The third-order valence-electron chi connectivity index (χ3n) is 3.44. The van der Waals surface area contributed by atoms with E-state index in [2.05, 4.69) is 5.32 Å². The fraction of sp³-hybridized carbons (Fsp3) is 0.333. The zero-order valence-electron chi connectivity index (χ0n) is 12.9. The molecular weight excluding hydrogens is 333 g/mol. The van der Waals surface area contributed by atoms with E-state index in [9.17, 15) is 0 Å². The van der Waals surface area contributed by atoms with Gasteiger partial charge in [0.1, 0.15) is 12.4 Å². The zero-order valence-corrected chi connectivity index (χ0v) is 14.4. The van der Waals surface area contributed by atoms with Gasteiger partial charge in [-0.05, 0) is 43.7 Å². The van der Waals surface area contributed by atoms with Gasteiger partial charge in [0.25, 0.3) is 0 Å². The minimum absolute atomic E-state index is 0.227. The number of halogens is 2. The summed E-state index contributed by atoms with van der Waals surface area (Å²) in [6.07, 6.45) is 1.74. The van der Waals surface area contributed by atoms with E-state index >= 15 is 0 Å². The van der Waals surface area contributed by atoms with Crippen molar-refractivity contribution in [1.82, 2.24) is 5.32 Å². The summed E-state index contributed by atoms with van der Waals surface area (Å²) in [5.74, 6) is 0.795. The zero-order chi connectivity index (χ0) is 16.5. The van der Waals surface area contributed by atoms with Gasteiger partial charge in [-0.2, -0.15) is 0 Å². The van der Waals surface area contributed by atoms with Crippen molar-refractivity contribution in [3.05, 3.63) is 63.6 Å². The Morgan fingerprint density at radius 2 is 1.83 bits per heavy atom. The normalized spacial score (nSPS) is 10.7. The maximum atomic E-state index is 8.79. The van der Waals surface area contributed by atoms with Gasteiger partial charge in [-0.3, -0.25) is 0 Å². The molecule has 0 atom stereocenters. The third kappa shape index (κ3) is 6.04. The lowest BCUT2D eigenvalue weighted by Gasteiger charge is -2.13. The van der Waals surface area contributed by atoms with Crippen LogP contribution in [0.5, 0.6) is 5.75 Å². The van der Waals surface area contributed by atoms with Gasteiger partial charge in [0.15, 0.2) is 0 Å². The Morgan fingerprint density at radius 1 is 1.00 bits per heavy atom. The van der Waals surface area contributed by atoms with E-state index in [0.717, 1.165) is 36.3 Å². The molecule has 0 radical (unpaired) electrons. The minimum atomic E-state index is 0.227. The summed E-state index contributed by atoms with van der Waals surface area (Å²) in [6.45, 7) is 2.16. The van der Waals surface area contributed by atoms with Crippen LogP contribution in [0.25, 0.3) is 0 Å². The van der Waals surface area contributed by atoms with Crippen LogP contribution < -0.4 is 10.1 Å². The smallest absolute Gasteiger partial charge is 0.124 e. The maximum Gasteiger partial charge on any atom is 0.124 e. The molecule has 0 aliphatic carbocycles. The fourth-order valence-corrected chi connectivity index (χ4v) is 2.57. The SMILES string of the molecule is OCCCCNCc1cc(Cl)ccc1OCc1ccccc1Cl. The number of aliphatic hydroxyl groups excluding tert-OH is 1. The van der Waals surface area contributed by atoms with Crippen LogP contribution in [0.3, 0.4) is 0 Å². The van der Waals surface area contributed by atoms with Crippen molar-refractivity contribution < 1.29 is 9.84 Å². The fourth-order valence-electron chi connectivity index (χ4n) is 2.18. The molecule has 5 heteroatoms. The first kappa shape index (κ1) is 18.1. The Hall–Kier alpha value is -1.26. The molecule has 0 aliphatic rings. The largest absolute Gasteiger partial charge is 0.489 e. The molecule has 2 aromatic rings.